The molecule has 0 aliphatic carbocycles. The van der Waals surface area contributed by atoms with Crippen molar-refractivity contribution in [2.45, 2.75) is 44.2 Å². The van der Waals surface area contributed by atoms with Crippen LogP contribution >= 0.6 is 0 Å². The third-order valence-corrected chi connectivity index (χ3v) is 5.69. The van der Waals surface area contributed by atoms with Crippen molar-refractivity contribution >= 4 is 11.8 Å². The molecule has 2 amide bonds. The first-order chi connectivity index (χ1) is 14.5. The summed E-state index contributed by atoms with van der Waals surface area (Å²) >= 11 is 0. The number of carbonyl (C=O) groups excluding carboxylic acids is 2. The van der Waals surface area contributed by atoms with Crippen LogP contribution in [0.25, 0.3) is 0 Å². The second-order valence-corrected chi connectivity index (χ2v) is 7.82. The molecule has 0 radical (unpaired) electrons. The molecule has 1 atom stereocenters. The van der Waals surface area contributed by atoms with E-state index in [9.17, 15) is 9.59 Å². The fraction of sp³-hybridized carbons (Fsp3) is 0.391. The highest BCUT2D eigenvalue weighted by molar-refractivity contribution is 5.80. The van der Waals surface area contributed by atoms with Gasteiger partial charge in [-0.3, -0.25) is 9.59 Å². The van der Waals surface area contributed by atoms with Crippen LogP contribution in [0.15, 0.2) is 42.5 Å². The van der Waals surface area contributed by atoms with Crippen LogP contribution in [0.2, 0.25) is 0 Å². The zero-order valence-electron chi connectivity index (χ0n) is 17.0. The van der Waals surface area contributed by atoms with Crippen LogP contribution in [0.4, 0.5) is 0 Å². The SMILES string of the molecule is COc1ccc(CC2(CCC(=O)NCc3ccc4c(c3)OCO4)CCC(=O)N2)cc1. The molecular weight excluding hydrogens is 384 g/mol. The lowest BCUT2D eigenvalue weighted by molar-refractivity contribution is -0.122. The van der Waals surface area contributed by atoms with E-state index in [1.165, 1.54) is 0 Å². The summed E-state index contributed by atoms with van der Waals surface area (Å²) in [6, 6.07) is 13.5. The molecule has 2 aliphatic rings. The third-order valence-electron chi connectivity index (χ3n) is 5.69. The molecule has 0 spiro atoms. The van der Waals surface area contributed by atoms with E-state index in [4.69, 9.17) is 14.2 Å². The minimum Gasteiger partial charge on any atom is -0.497 e. The molecule has 0 saturated carbocycles. The van der Waals surface area contributed by atoms with Crippen LogP contribution in [-0.2, 0) is 22.6 Å². The van der Waals surface area contributed by atoms with Crippen LogP contribution in [-0.4, -0.2) is 31.3 Å². The molecule has 4 rings (SSSR count). The molecule has 2 aliphatic heterocycles. The van der Waals surface area contributed by atoms with E-state index < -0.39 is 0 Å². The van der Waals surface area contributed by atoms with Gasteiger partial charge < -0.3 is 24.8 Å². The van der Waals surface area contributed by atoms with Crippen molar-refractivity contribution in [1.29, 1.82) is 0 Å². The number of hydrogen-bond donors (Lipinski definition) is 2. The number of rotatable bonds is 8. The summed E-state index contributed by atoms with van der Waals surface area (Å²) in [5, 5.41) is 6.08. The Bertz CT molecular complexity index is 928. The van der Waals surface area contributed by atoms with E-state index in [0.717, 1.165) is 29.0 Å². The molecule has 2 aromatic carbocycles. The Morgan fingerprint density at radius 2 is 1.90 bits per heavy atom. The Morgan fingerprint density at radius 3 is 2.63 bits per heavy atom. The highest BCUT2D eigenvalue weighted by atomic mass is 16.7. The Kier molecular flexibility index (Phi) is 5.79. The number of amides is 2. The Balaban J connectivity index is 1.33. The van der Waals surface area contributed by atoms with E-state index in [2.05, 4.69) is 10.6 Å². The summed E-state index contributed by atoms with van der Waals surface area (Å²) in [5.41, 5.74) is 1.68. The molecule has 7 heteroatoms. The first-order valence-corrected chi connectivity index (χ1v) is 10.1. The smallest absolute Gasteiger partial charge is 0.231 e. The van der Waals surface area contributed by atoms with Crippen molar-refractivity contribution in [1.82, 2.24) is 10.6 Å². The van der Waals surface area contributed by atoms with Crippen molar-refractivity contribution in [2.75, 3.05) is 13.9 Å². The van der Waals surface area contributed by atoms with Gasteiger partial charge in [0.05, 0.1) is 7.11 Å². The molecule has 1 saturated heterocycles. The quantitative estimate of drug-likeness (QED) is 0.699. The summed E-state index contributed by atoms with van der Waals surface area (Å²) < 4.78 is 15.9. The summed E-state index contributed by atoms with van der Waals surface area (Å²) in [6.07, 6.45) is 2.86. The summed E-state index contributed by atoms with van der Waals surface area (Å²) in [4.78, 5) is 24.4. The minimum atomic E-state index is -0.387. The number of nitrogens with one attached hydrogen (secondary N) is 2. The van der Waals surface area contributed by atoms with Gasteiger partial charge in [-0.1, -0.05) is 18.2 Å². The maximum atomic E-state index is 12.5. The molecule has 2 heterocycles. The molecule has 2 aromatic rings. The fourth-order valence-electron chi connectivity index (χ4n) is 4.01. The number of hydrogen-bond acceptors (Lipinski definition) is 5. The number of carbonyl (C=O) groups is 2. The van der Waals surface area contributed by atoms with Crippen molar-refractivity contribution in [3.05, 3.63) is 53.6 Å². The first-order valence-electron chi connectivity index (χ1n) is 10.1. The zero-order valence-corrected chi connectivity index (χ0v) is 17.0. The molecule has 158 valence electrons. The van der Waals surface area contributed by atoms with Crippen molar-refractivity contribution < 1.29 is 23.8 Å². The van der Waals surface area contributed by atoms with E-state index in [1.807, 2.05) is 42.5 Å². The van der Waals surface area contributed by atoms with E-state index in [0.29, 0.717) is 38.0 Å². The highest BCUT2D eigenvalue weighted by Gasteiger charge is 2.37. The van der Waals surface area contributed by atoms with Gasteiger partial charge in [0, 0.05) is 24.9 Å². The number of methoxy groups -OCH3 is 1. The Labute approximate surface area is 175 Å². The van der Waals surface area contributed by atoms with Gasteiger partial charge in [-0.05, 0) is 54.7 Å². The predicted octanol–water partition coefficient (Wildman–Crippen LogP) is 2.71. The highest BCUT2D eigenvalue weighted by Crippen LogP contribution is 2.33. The predicted molar refractivity (Wildman–Crippen MR) is 110 cm³/mol. The van der Waals surface area contributed by atoms with Gasteiger partial charge in [0.2, 0.25) is 18.6 Å². The lowest BCUT2D eigenvalue weighted by Crippen LogP contribution is -2.44. The molecule has 1 fully saturated rings. The molecular formula is C23H26N2O5. The number of benzene rings is 2. The molecule has 30 heavy (non-hydrogen) atoms. The lowest BCUT2D eigenvalue weighted by Gasteiger charge is -2.29. The van der Waals surface area contributed by atoms with Crippen molar-refractivity contribution in [3.63, 3.8) is 0 Å². The Morgan fingerprint density at radius 1 is 1.13 bits per heavy atom. The maximum Gasteiger partial charge on any atom is 0.231 e. The molecule has 2 N–H and O–H groups in total. The fourth-order valence-corrected chi connectivity index (χ4v) is 4.01. The number of ether oxygens (including phenoxy) is 3. The second-order valence-electron chi connectivity index (χ2n) is 7.82. The van der Waals surface area contributed by atoms with Gasteiger partial charge >= 0.3 is 0 Å². The van der Waals surface area contributed by atoms with Gasteiger partial charge in [0.15, 0.2) is 11.5 Å². The van der Waals surface area contributed by atoms with Crippen LogP contribution in [0.3, 0.4) is 0 Å². The average Bonchev–Trinajstić information content (AvgIpc) is 3.37. The summed E-state index contributed by atoms with van der Waals surface area (Å²) in [5.74, 6) is 2.23. The van der Waals surface area contributed by atoms with E-state index in [1.54, 1.807) is 7.11 Å². The van der Waals surface area contributed by atoms with Gasteiger partial charge in [0.25, 0.3) is 0 Å². The van der Waals surface area contributed by atoms with Crippen molar-refractivity contribution in [3.8, 4) is 17.2 Å². The second kappa shape index (κ2) is 8.65. The number of fused-ring (bicyclic) bond motifs is 1. The maximum absolute atomic E-state index is 12.5. The van der Waals surface area contributed by atoms with Crippen molar-refractivity contribution in [2.24, 2.45) is 0 Å². The molecule has 7 nitrogen and oxygen atoms in total. The normalized spacial score (nSPS) is 19.4. The molecule has 0 bridgehead atoms. The lowest BCUT2D eigenvalue weighted by atomic mass is 9.85. The average molecular weight is 410 g/mol. The Hall–Kier alpha value is -3.22. The standard InChI is InChI=1S/C23H26N2O5/c1-28-18-5-2-16(3-6-18)13-23(11-9-22(27)25-23)10-8-21(26)24-14-17-4-7-19-20(12-17)30-15-29-19/h2-7,12H,8-11,13-15H2,1H3,(H,24,26)(H,25,27). The van der Waals surface area contributed by atoms with E-state index >= 15 is 0 Å². The zero-order chi connectivity index (χ0) is 21.0. The third kappa shape index (κ3) is 4.67. The van der Waals surface area contributed by atoms with Crippen LogP contribution in [0, 0.1) is 0 Å². The van der Waals surface area contributed by atoms with Crippen LogP contribution < -0.4 is 24.8 Å². The topological polar surface area (TPSA) is 85.9 Å². The van der Waals surface area contributed by atoms with Gasteiger partial charge in [-0.25, -0.2) is 0 Å². The monoisotopic (exact) mass is 410 g/mol. The van der Waals surface area contributed by atoms with Gasteiger partial charge in [-0.2, -0.15) is 0 Å². The largest absolute Gasteiger partial charge is 0.497 e. The molecule has 0 aromatic heterocycles. The minimum absolute atomic E-state index is 0.0390. The van der Waals surface area contributed by atoms with Gasteiger partial charge in [-0.15, -0.1) is 0 Å². The molecule has 1 unspecified atom stereocenters. The van der Waals surface area contributed by atoms with E-state index in [-0.39, 0.29) is 24.1 Å². The van der Waals surface area contributed by atoms with Crippen LogP contribution in [0.5, 0.6) is 17.2 Å². The van der Waals surface area contributed by atoms with Gasteiger partial charge in [0.1, 0.15) is 5.75 Å². The first kappa shape index (κ1) is 20.1. The summed E-state index contributed by atoms with van der Waals surface area (Å²) in [6.45, 7) is 0.653. The van der Waals surface area contributed by atoms with Crippen LogP contribution in [0.1, 0.15) is 36.8 Å². The summed E-state index contributed by atoms with van der Waals surface area (Å²) in [7, 11) is 1.63.